The Morgan fingerprint density at radius 2 is 2.00 bits per heavy atom. The van der Waals surface area contributed by atoms with Crippen molar-refractivity contribution in [2.75, 3.05) is 6.54 Å². The number of aliphatic hydroxyl groups is 1. The second-order valence-corrected chi connectivity index (χ2v) is 6.05. The third-order valence-corrected chi connectivity index (χ3v) is 4.34. The minimum atomic E-state index is -1.60. The highest BCUT2D eigenvalue weighted by Gasteiger charge is 2.36. The van der Waals surface area contributed by atoms with Gasteiger partial charge in [-0.25, -0.2) is 4.79 Å². The second kappa shape index (κ2) is 6.65. The van der Waals surface area contributed by atoms with Crippen LogP contribution in [0.25, 0.3) is 11.1 Å². The Morgan fingerprint density at radius 3 is 2.74 bits per heavy atom. The molecule has 8 nitrogen and oxygen atoms in total. The summed E-state index contributed by atoms with van der Waals surface area (Å²) < 4.78 is 16.7. The lowest BCUT2D eigenvalue weighted by Crippen LogP contribution is -2.42. The molecule has 0 spiro atoms. The molecule has 4 rings (SSSR count). The van der Waals surface area contributed by atoms with Crippen LogP contribution in [-0.4, -0.2) is 22.1 Å². The fraction of sp³-hybridized carbons (Fsp3) is 0.158. The van der Waals surface area contributed by atoms with E-state index in [2.05, 4.69) is 5.32 Å². The predicted molar refractivity (Wildman–Crippen MR) is 93.9 cm³/mol. The van der Waals surface area contributed by atoms with Gasteiger partial charge >= 0.3 is 5.76 Å². The Morgan fingerprint density at radius 1 is 1.15 bits per heavy atom. The molecule has 1 atom stereocenters. The highest BCUT2D eigenvalue weighted by Crippen LogP contribution is 2.29. The van der Waals surface area contributed by atoms with Crippen molar-refractivity contribution in [2.24, 2.45) is 0 Å². The third kappa shape index (κ3) is 3.06. The van der Waals surface area contributed by atoms with Gasteiger partial charge in [-0.15, -0.1) is 0 Å². The molecule has 1 unspecified atom stereocenters. The lowest BCUT2D eigenvalue weighted by Gasteiger charge is -2.25. The molecule has 3 heterocycles. The Balaban J connectivity index is 1.54. The van der Waals surface area contributed by atoms with Crippen LogP contribution in [0.4, 0.5) is 0 Å². The monoisotopic (exact) mass is 368 g/mol. The van der Waals surface area contributed by atoms with Gasteiger partial charge in [0.25, 0.3) is 0 Å². The van der Waals surface area contributed by atoms with Gasteiger partial charge in [0, 0.05) is 5.56 Å². The SMILES string of the molecule is O=C(Cn1c(=O)oc2ccccc21)NCC(O)(c1ccoc1)c1ccco1. The average molecular weight is 368 g/mol. The van der Waals surface area contributed by atoms with Gasteiger partial charge in [0.1, 0.15) is 12.3 Å². The number of hydrogen-bond donors (Lipinski definition) is 2. The van der Waals surface area contributed by atoms with Crippen LogP contribution in [-0.2, 0) is 16.9 Å². The Bertz CT molecular complexity index is 1070. The van der Waals surface area contributed by atoms with E-state index in [1.54, 1.807) is 42.5 Å². The standard InChI is InChI=1S/C19H16N2O6/c22-17(10-21-14-4-1-2-5-15(14)27-18(21)23)20-12-19(24,13-7-9-25-11-13)16-6-3-8-26-16/h1-9,11,24H,10,12H2,(H,20,22). The maximum atomic E-state index is 12.4. The number of nitrogens with one attached hydrogen (secondary N) is 1. The van der Waals surface area contributed by atoms with E-state index < -0.39 is 17.3 Å². The van der Waals surface area contributed by atoms with Crippen LogP contribution in [0.15, 0.2) is 79.3 Å². The van der Waals surface area contributed by atoms with Crippen LogP contribution >= 0.6 is 0 Å². The molecule has 1 amide bonds. The van der Waals surface area contributed by atoms with Gasteiger partial charge in [0.2, 0.25) is 5.91 Å². The van der Waals surface area contributed by atoms with Crippen LogP contribution in [0, 0.1) is 0 Å². The number of hydrogen-bond acceptors (Lipinski definition) is 6. The van der Waals surface area contributed by atoms with Crippen molar-refractivity contribution >= 4 is 17.0 Å². The highest BCUT2D eigenvalue weighted by molar-refractivity contribution is 5.79. The zero-order valence-corrected chi connectivity index (χ0v) is 14.1. The number of para-hydroxylation sites is 2. The van der Waals surface area contributed by atoms with Crippen LogP contribution in [0.5, 0.6) is 0 Å². The number of fused-ring (bicyclic) bond motifs is 1. The first-order valence-corrected chi connectivity index (χ1v) is 8.22. The van der Waals surface area contributed by atoms with E-state index in [1.165, 1.54) is 23.4 Å². The highest BCUT2D eigenvalue weighted by atomic mass is 16.4. The molecular weight excluding hydrogens is 352 g/mol. The number of furan rings is 2. The Kier molecular flexibility index (Phi) is 4.17. The zero-order chi connectivity index (χ0) is 18.9. The summed E-state index contributed by atoms with van der Waals surface area (Å²) in [6.45, 7) is -0.404. The number of oxazole rings is 1. The number of carbonyl (C=O) groups is 1. The summed E-state index contributed by atoms with van der Waals surface area (Å²) in [6, 6.07) is 11.7. The predicted octanol–water partition coefficient (Wildman–Crippen LogP) is 1.83. The van der Waals surface area contributed by atoms with Crippen molar-refractivity contribution in [1.29, 1.82) is 0 Å². The van der Waals surface area contributed by atoms with Crippen molar-refractivity contribution in [3.8, 4) is 0 Å². The van der Waals surface area contributed by atoms with Gasteiger partial charge in [-0.05, 0) is 30.3 Å². The summed E-state index contributed by atoms with van der Waals surface area (Å²) in [4.78, 5) is 24.4. The molecule has 0 bridgehead atoms. The number of aromatic nitrogens is 1. The van der Waals surface area contributed by atoms with Crippen LogP contribution in [0.2, 0.25) is 0 Å². The molecule has 138 valence electrons. The topological polar surface area (TPSA) is 111 Å². The molecule has 1 aromatic carbocycles. The summed E-state index contributed by atoms with van der Waals surface area (Å²) in [5, 5.41) is 13.7. The lowest BCUT2D eigenvalue weighted by molar-refractivity contribution is -0.122. The van der Waals surface area contributed by atoms with Gasteiger partial charge in [-0.3, -0.25) is 9.36 Å². The molecule has 0 saturated heterocycles. The number of amides is 1. The maximum absolute atomic E-state index is 12.4. The van der Waals surface area contributed by atoms with E-state index in [0.29, 0.717) is 16.7 Å². The summed E-state index contributed by atoms with van der Waals surface area (Å²) >= 11 is 0. The quantitative estimate of drug-likeness (QED) is 0.537. The first-order valence-electron chi connectivity index (χ1n) is 8.22. The van der Waals surface area contributed by atoms with Gasteiger partial charge in [0.05, 0.1) is 30.9 Å². The van der Waals surface area contributed by atoms with E-state index in [1.807, 2.05) is 0 Å². The number of nitrogens with zero attached hydrogens (tertiary/aromatic N) is 1. The Hall–Kier alpha value is -3.52. The van der Waals surface area contributed by atoms with Crippen LogP contribution in [0.1, 0.15) is 11.3 Å². The van der Waals surface area contributed by atoms with Gasteiger partial charge in [-0.1, -0.05) is 12.1 Å². The number of carbonyl (C=O) groups excluding carboxylic acids is 1. The number of benzene rings is 1. The van der Waals surface area contributed by atoms with Crippen LogP contribution < -0.4 is 11.1 Å². The largest absolute Gasteiger partial charge is 0.472 e. The zero-order valence-electron chi connectivity index (χ0n) is 14.1. The lowest BCUT2D eigenvalue weighted by atomic mass is 9.93. The summed E-state index contributed by atoms with van der Waals surface area (Å²) in [7, 11) is 0. The van der Waals surface area contributed by atoms with Crippen molar-refractivity contribution in [1.82, 2.24) is 9.88 Å². The van der Waals surface area contributed by atoms with Gasteiger partial charge in [-0.2, -0.15) is 0 Å². The second-order valence-electron chi connectivity index (χ2n) is 6.05. The smallest absolute Gasteiger partial charge is 0.420 e. The van der Waals surface area contributed by atoms with E-state index in [4.69, 9.17) is 13.3 Å². The van der Waals surface area contributed by atoms with Gasteiger partial charge in [0.15, 0.2) is 11.2 Å². The third-order valence-electron chi connectivity index (χ3n) is 4.34. The maximum Gasteiger partial charge on any atom is 0.420 e. The van der Waals surface area contributed by atoms with E-state index in [0.717, 1.165) is 0 Å². The summed E-state index contributed by atoms with van der Waals surface area (Å²) in [5.41, 5.74) is -0.242. The molecule has 0 aliphatic rings. The van der Waals surface area contributed by atoms with Crippen molar-refractivity contribution in [3.63, 3.8) is 0 Å². The van der Waals surface area contributed by atoms with Gasteiger partial charge < -0.3 is 23.7 Å². The molecule has 3 aromatic heterocycles. The molecule has 0 saturated carbocycles. The summed E-state index contributed by atoms with van der Waals surface area (Å²) in [6.07, 6.45) is 4.23. The van der Waals surface area contributed by atoms with E-state index in [9.17, 15) is 14.7 Å². The Labute approximate surface area is 152 Å². The molecule has 0 aliphatic heterocycles. The molecule has 0 radical (unpaired) electrons. The van der Waals surface area contributed by atoms with E-state index in [-0.39, 0.29) is 18.8 Å². The molecule has 27 heavy (non-hydrogen) atoms. The fourth-order valence-electron chi connectivity index (χ4n) is 2.93. The van der Waals surface area contributed by atoms with Crippen molar-refractivity contribution < 1.29 is 23.2 Å². The minimum absolute atomic E-state index is 0.163. The normalized spacial score (nSPS) is 13.5. The molecular formula is C19H16N2O6. The average Bonchev–Trinajstić information content (AvgIpc) is 3.42. The first kappa shape index (κ1) is 16.9. The molecule has 0 fully saturated rings. The first-order chi connectivity index (χ1) is 13.1. The van der Waals surface area contributed by atoms with Crippen LogP contribution in [0.3, 0.4) is 0 Å². The number of rotatable bonds is 6. The molecule has 8 heteroatoms. The fourth-order valence-corrected chi connectivity index (χ4v) is 2.93. The summed E-state index contributed by atoms with van der Waals surface area (Å²) in [5.74, 6) is -0.824. The molecule has 2 N–H and O–H groups in total. The van der Waals surface area contributed by atoms with Crippen molar-refractivity contribution in [3.05, 3.63) is 83.1 Å². The van der Waals surface area contributed by atoms with Crippen molar-refractivity contribution in [2.45, 2.75) is 12.1 Å². The molecule has 4 aromatic rings. The molecule has 0 aliphatic carbocycles. The minimum Gasteiger partial charge on any atom is -0.472 e. The van der Waals surface area contributed by atoms with E-state index >= 15 is 0 Å².